The molecule has 2 N–H and O–H groups in total. The van der Waals surface area contributed by atoms with E-state index in [1.54, 1.807) is 24.3 Å². The summed E-state index contributed by atoms with van der Waals surface area (Å²) in [7, 11) is 0. The molecule has 1 atom stereocenters. The normalized spacial score (nSPS) is 15.2. The largest absolute Gasteiger partial charge is 0.445 e. The molecule has 0 aromatic heterocycles. The average Bonchev–Trinajstić information content (AvgIpc) is 2.74. The molecule has 0 bridgehead atoms. The van der Waals surface area contributed by atoms with Gasteiger partial charge in [-0.25, -0.2) is 9.59 Å². The number of likely N-dealkylation sites (tertiary alicyclic amines) is 1. The lowest BCUT2D eigenvalue weighted by molar-refractivity contribution is 0.0299. The van der Waals surface area contributed by atoms with Crippen LogP contribution in [0, 0.1) is 0 Å². The molecule has 1 saturated heterocycles. The van der Waals surface area contributed by atoms with Crippen LogP contribution in [0.25, 0.3) is 0 Å². The van der Waals surface area contributed by atoms with Crippen LogP contribution in [0.1, 0.15) is 19.3 Å². The van der Waals surface area contributed by atoms with Gasteiger partial charge < -0.3 is 9.47 Å². The number of benzene rings is 2. The van der Waals surface area contributed by atoms with E-state index in [9.17, 15) is 9.59 Å². The predicted octanol–water partition coefficient (Wildman–Crippen LogP) is 4.34. The van der Waals surface area contributed by atoms with Gasteiger partial charge in [-0.15, -0.1) is 0 Å². The molecule has 29 heavy (non-hydrogen) atoms. The Morgan fingerprint density at radius 2 is 1.38 bits per heavy atom. The van der Waals surface area contributed by atoms with Crippen molar-refractivity contribution in [2.75, 3.05) is 36.9 Å². The van der Waals surface area contributed by atoms with Crippen molar-refractivity contribution in [3.8, 4) is 0 Å². The summed E-state index contributed by atoms with van der Waals surface area (Å²) in [6.45, 7) is 2.42. The highest BCUT2D eigenvalue weighted by Gasteiger charge is 2.22. The van der Waals surface area contributed by atoms with Gasteiger partial charge in [0.05, 0.1) is 0 Å². The second kappa shape index (κ2) is 11.1. The third-order valence-electron chi connectivity index (χ3n) is 4.62. The SMILES string of the molecule is O=C(Nc1ccccc1)OCC(CN1CCCCC1)OC(=O)Nc1ccccc1. The number of nitrogens with zero attached hydrogens (tertiary/aromatic N) is 1. The second-order valence-corrected chi connectivity index (χ2v) is 6.97. The Morgan fingerprint density at radius 3 is 1.97 bits per heavy atom. The fraction of sp³-hybridized carbons (Fsp3) is 0.364. The van der Waals surface area contributed by atoms with E-state index in [-0.39, 0.29) is 6.61 Å². The number of rotatable bonds is 7. The minimum absolute atomic E-state index is 0.0165. The molecular weight excluding hydrogens is 370 g/mol. The van der Waals surface area contributed by atoms with Gasteiger partial charge in [0.15, 0.2) is 6.10 Å². The number of hydrogen-bond donors (Lipinski definition) is 2. The Kier molecular flexibility index (Phi) is 7.89. The first-order chi connectivity index (χ1) is 14.2. The highest BCUT2D eigenvalue weighted by molar-refractivity contribution is 5.85. The lowest BCUT2D eigenvalue weighted by Gasteiger charge is -2.30. The van der Waals surface area contributed by atoms with Crippen molar-refractivity contribution in [1.82, 2.24) is 4.90 Å². The van der Waals surface area contributed by atoms with Crippen LogP contribution in [0.3, 0.4) is 0 Å². The van der Waals surface area contributed by atoms with Gasteiger partial charge in [-0.05, 0) is 50.2 Å². The number of hydrogen-bond acceptors (Lipinski definition) is 5. The highest BCUT2D eigenvalue weighted by Crippen LogP contribution is 2.12. The van der Waals surface area contributed by atoms with Crippen LogP contribution in [0.4, 0.5) is 21.0 Å². The van der Waals surface area contributed by atoms with Crippen LogP contribution in [-0.4, -0.2) is 49.4 Å². The lowest BCUT2D eigenvalue weighted by atomic mass is 10.1. The molecule has 1 aliphatic rings. The molecule has 0 saturated carbocycles. The summed E-state index contributed by atoms with van der Waals surface area (Å²) in [5.41, 5.74) is 1.30. The van der Waals surface area contributed by atoms with Crippen molar-refractivity contribution in [3.05, 3.63) is 60.7 Å². The van der Waals surface area contributed by atoms with E-state index >= 15 is 0 Å². The summed E-state index contributed by atoms with van der Waals surface area (Å²) in [6.07, 6.45) is 1.76. The Hall–Kier alpha value is -3.06. The van der Waals surface area contributed by atoms with Crippen molar-refractivity contribution >= 4 is 23.6 Å². The number of piperidine rings is 1. The van der Waals surface area contributed by atoms with Crippen LogP contribution in [0.2, 0.25) is 0 Å². The number of ether oxygens (including phenoxy) is 2. The van der Waals surface area contributed by atoms with Gasteiger partial charge in [0.2, 0.25) is 0 Å². The molecule has 2 aromatic carbocycles. The van der Waals surface area contributed by atoms with E-state index in [0.29, 0.717) is 17.9 Å². The van der Waals surface area contributed by atoms with E-state index in [4.69, 9.17) is 9.47 Å². The molecule has 2 amide bonds. The molecule has 7 heteroatoms. The number of carbonyl (C=O) groups is 2. The Morgan fingerprint density at radius 1 is 0.828 bits per heavy atom. The summed E-state index contributed by atoms with van der Waals surface area (Å²) >= 11 is 0. The highest BCUT2D eigenvalue weighted by atomic mass is 16.6. The van der Waals surface area contributed by atoms with Gasteiger partial charge in [0, 0.05) is 17.9 Å². The maximum atomic E-state index is 12.3. The smallest absolute Gasteiger partial charge is 0.412 e. The number of amides is 2. The molecular formula is C22H27N3O4. The van der Waals surface area contributed by atoms with Gasteiger partial charge in [0.25, 0.3) is 0 Å². The summed E-state index contributed by atoms with van der Waals surface area (Å²) in [4.78, 5) is 26.6. The van der Waals surface area contributed by atoms with Crippen molar-refractivity contribution < 1.29 is 19.1 Å². The molecule has 0 spiro atoms. The van der Waals surface area contributed by atoms with Crippen molar-refractivity contribution in [3.63, 3.8) is 0 Å². The van der Waals surface area contributed by atoms with Gasteiger partial charge in [-0.2, -0.15) is 0 Å². The maximum absolute atomic E-state index is 12.3. The Labute approximate surface area is 171 Å². The molecule has 0 aliphatic carbocycles. The fourth-order valence-electron chi connectivity index (χ4n) is 3.22. The van der Waals surface area contributed by atoms with E-state index in [0.717, 1.165) is 25.9 Å². The van der Waals surface area contributed by atoms with Gasteiger partial charge in [-0.3, -0.25) is 15.5 Å². The van der Waals surface area contributed by atoms with E-state index in [1.165, 1.54) is 6.42 Å². The van der Waals surface area contributed by atoms with Gasteiger partial charge >= 0.3 is 12.2 Å². The van der Waals surface area contributed by atoms with Crippen LogP contribution in [0.5, 0.6) is 0 Å². The van der Waals surface area contributed by atoms with Gasteiger partial charge in [0.1, 0.15) is 6.61 Å². The molecule has 1 heterocycles. The monoisotopic (exact) mass is 397 g/mol. The summed E-state index contributed by atoms with van der Waals surface area (Å²) in [5, 5.41) is 5.36. The molecule has 154 valence electrons. The average molecular weight is 397 g/mol. The molecule has 7 nitrogen and oxygen atoms in total. The van der Waals surface area contributed by atoms with Crippen molar-refractivity contribution in [1.29, 1.82) is 0 Å². The first kappa shape index (κ1) is 20.7. The first-order valence-corrected chi connectivity index (χ1v) is 9.93. The predicted molar refractivity (Wildman–Crippen MR) is 112 cm³/mol. The number of nitrogens with one attached hydrogen (secondary N) is 2. The summed E-state index contributed by atoms with van der Waals surface area (Å²) in [6, 6.07) is 18.2. The van der Waals surface area contributed by atoms with Crippen LogP contribution < -0.4 is 10.6 Å². The standard InChI is InChI=1S/C22H27N3O4/c26-21(23-18-10-4-1-5-11-18)28-17-20(16-25-14-8-3-9-15-25)29-22(27)24-19-12-6-2-7-13-19/h1-2,4-7,10-13,20H,3,8-9,14-17H2,(H,23,26)(H,24,27). The van der Waals surface area contributed by atoms with Crippen molar-refractivity contribution in [2.24, 2.45) is 0 Å². The Balaban J connectivity index is 1.53. The minimum atomic E-state index is -0.577. The zero-order chi connectivity index (χ0) is 20.3. The van der Waals surface area contributed by atoms with Crippen molar-refractivity contribution in [2.45, 2.75) is 25.4 Å². The van der Waals surface area contributed by atoms with Crippen LogP contribution in [0.15, 0.2) is 60.7 Å². The lowest BCUT2D eigenvalue weighted by Crippen LogP contribution is -2.41. The summed E-state index contributed by atoms with van der Waals surface area (Å²) < 4.78 is 10.9. The fourth-order valence-corrected chi connectivity index (χ4v) is 3.22. The van der Waals surface area contributed by atoms with Crippen LogP contribution >= 0.6 is 0 Å². The topological polar surface area (TPSA) is 79.9 Å². The molecule has 0 radical (unpaired) electrons. The van der Waals surface area contributed by atoms with E-state index < -0.39 is 18.3 Å². The second-order valence-electron chi connectivity index (χ2n) is 6.97. The molecule has 1 unspecified atom stereocenters. The zero-order valence-corrected chi connectivity index (χ0v) is 16.4. The minimum Gasteiger partial charge on any atom is -0.445 e. The quantitative estimate of drug-likeness (QED) is 0.727. The number of carbonyl (C=O) groups excluding carboxylic acids is 2. The first-order valence-electron chi connectivity index (χ1n) is 9.93. The van der Waals surface area contributed by atoms with Gasteiger partial charge in [-0.1, -0.05) is 42.8 Å². The number of para-hydroxylation sites is 2. The summed E-state index contributed by atoms with van der Waals surface area (Å²) in [5.74, 6) is 0. The zero-order valence-electron chi connectivity index (χ0n) is 16.4. The molecule has 2 aromatic rings. The maximum Gasteiger partial charge on any atom is 0.412 e. The molecule has 1 fully saturated rings. The van der Waals surface area contributed by atoms with E-state index in [1.807, 2.05) is 36.4 Å². The molecule has 1 aliphatic heterocycles. The van der Waals surface area contributed by atoms with E-state index in [2.05, 4.69) is 15.5 Å². The third kappa shape index (κ3) is 7.46. The molecule has 3 rings (SSSR count). The Bertz CT molecular complexity index is 764. The number of anilines is 2. The van der Waals surface area contributed by atoms with Crippen LogP contribution in [-0.2, 0) is 9.47 Å². The third-order valence-corrected chi connectivity index (χ3v) is 4.62.